The highest BCUT2D eigenvalue weighted by Crippen LogP contribution is 2.34. The molecule has 0 saturated heterocycles. The molecule has 0 aromatic heterocycles. The van der Waals surface area contributed by atoms with E-state index in [2.05, 4.69) is 0 Å². The molecule has 0 saturated carbocycles. The summed E-state index contributed by atoms with van der Waals surface area (Å²) in [4.78, 5) is 0. The Morgan fingerprint density at radius 1 is 1.33 bits per heavy atom. The van der Waals surface area contributed by atoms with Crippen LogP contribution in [0, 0.1) is 0 Å². The number of hydrogen-bond acceptors (Lipinski definition) is 1. The van der Waals surface area contributed by atoms with E-state index in [0.717, 1.165) is 12.1 Å². The van der Waals surface area contributed by atoms with Gasteiger partial charge in [-0.25, -0.2) is 4.39 Å². The Bertz CT molecular complexity index is 350. The van der Waals surface area contributed by atoms with Crippen LogP contribution in [0.1, 0.15) is 17.3 Å². The minimum atomic E-state index is -4.51. The third kappa shape index (κ3) is 2.82. The normalized spacial score (nSPS) is 14.0. The van der Waals surface area contributed by atoms with E-state index in [1.165, 1.54) is 0 Å². The fraction of sp³-hybridized carbons (Fsp3) is 0.333. The standard InChI is InChI=1S/C9H8ClF4N/c10-7-2-1-5(9(12,13)14)3-6(7)8(11)4-15/h1-3,8H,4,15H2. The monoisotopic (exact) mass is 241 g/mol. The lowest BCUT2D eigenvalue weighted by Crippen LogP contribution is -2.11. The molecule has 0 heterocycles. The third-order valence-electron chi connectivity index (χ3n) is 1.87. The van der Waals surface area contributed by atoms with Gasteiger partial charge in [0.05, 0.1) is 5.56 Å². The van der Waals surface area contributed by atoms with Gasteiger partial charge in [0.2, 0.25) is 0 Å². The van der Waals surface area contributed by atoms with Crippen LogP contribution in [0.15, 0.2) is 18.2 Å². The highest BCUT2D eigenvalue weighted by Gasteiger charge is 2.31. The largest absolute Gasteiger partial charge is 0.416 e. The first kappa shape index (κ1) is 12.3. The highest BCUT2D eigenvalue weighted by atomic mass is 35.5. The zero-order valence-electron chi connectivity index (χ0n) is 7.48. The second-order valence-electron chi connectivity index (χ2n) is 2.94. The molecule has 15 heavy (non-hydrogen) atoms. The number of rotatable bonds is 2. The average Bonchev–Trinajstić information content (AvgIpc) is 2.15. The van der Waals surface area contributed by atoms with Gasteiger partial charge in [-0.15, -0.1) is 0 Å². The van der Waals surface area contributed by atoms with Crippen molar-refractivity contribution in [3.8, 4) is 0 Å². The number of alkyl halides is 4. The summed E-state index contributed by atoms with van der Waals surface area (Å²) in [7, 11) is 0. The number of nitrogens with two attached hydrogens (primary N) is 1. The molecule has 0 aliphatic heterocycles. The molecule has 0 amide bonds. The molecule has 1 unspecified atom stereocenters. The Labute approximate surface area is 88.8 Å². The van der Waals surface area contributed by atoms with E-state index in [0.29, 0.717) is 6.07 Å². The predicted octanol–water partition coefficient (Wildman–Crippen LogP) is 3.33. The van der Waals surface area contributed by atoms with Crippen molar-refractivity contribution in [1.29, 1.82) is 0 Å². The average molecular weight is 242 g/mol. The molecular formula is C9H8ClF4N. The Balaban J connectivity index is 3.17. The van der Waals surface area contributed by atoms with Crippen LogP contribution in [0.2, 0.25) is 5.02 Å². The second kappa shape index (κ2) is 4.37. The predicted molar refractivity (Wildman–Crippen MR) is 49.4 cm³/mol. The van der Waals surface area contributed by atoms with E-state index < -0.39 is 24.5 Å². The van der Waals surface area contributed by atoms with Gasteiger partial charge in [-0.3, -0.25) is 0 Å². The minimum Gasteiger partial charge on any atom is -0.327 e. The van der Waals surface area contributed by atoms with Crippen LogP contribution >= 0.6 is 11.6 Å². The molecule has 0 radical (unpaired) electrons. The van der Waals surface area contributed by atoms with Crippen LogP contribution in [-0.2, 0) is 6.18 Å². The summed E-state index contributed by atoms with van der Waals surface area (Å²) in [6.07, 6.45) is -6.19. The quantitative estimate of drug-likeness (QED) is 0.790. The molecule has 1 nitrogen and oxygen atoms in total. The van der Waals surface area contributed by atoms with Crippen LogP contribution in [-0.4, -0.2) is 6.54 Å². The summed E-state index contributed by atoms with van der Waals surface area (Å²) in [6.45, 7) is -0.402. The maximum absolute atomic E-state index is 13.1. The molecule has 0 aliphatic rings. The first-order valence-electron chi connectivity index (χ1n) is 4.07. The van der Waals surface area contributed by atoms with Crippen molar-refractivity contribution in [1.82, 2.24) is 0 Å². The summed E-state index contributed by atoms with van der Waals surface area (Å²) >= 11 is 5.56. The van der Waals surface area contributed by atoms with E-state index in [9.17, 15) is 17.6 Å². The Morgan fingerprint density at radius 3 is 2.40 bits per heavy atom. The number of benzene rings is 1. The van der Waals surface area contributed by atoms with E-state index >= 15 is 0 Å². The molecule has 6 heteroatoms. The summed E-state index contributed by atoms with van der Waals surface area (Å²) in [5.74, 6) is 0. The lowest BCUT2D eigenvalue weighted by molar-refractivity contribution is -0.137. The van der Waals surface area contributed by atoms with E-state index in [-0.39, 0.29) is 10.6 Å². The Hall–Kier alpha value is -0.810. The van der Waals surface area contributed by atoms with E-state index in [1.54, 1.807) is 0 Å². The zero-order valence-corrected chi connectivity index (χ0v) is 8.24. The van der Waals surface area contributed by atoms with Gasteiger partial charge in [0.15, 0.2) is 0 Å². The summed E-state index contributed by atoms with van der Waals surface area (Å²) in [6, 6.07) is 2.50. The summed E-state index contributed by atoms with van der Waals surface area (Å²) in [5, 5.41) is -0.0547. The molecule has 1 atom stereocenters. The second-order valence-corrected chi connectivity index (χ2v) is 3.34. The molecule has 1 aromatic carbocycles. The molecule has 84 valence electrons. The van der Waals surface area contributed by atoms with Gasteiger partial charge in [-0.05, 0) is 18.2 Å². The van der Waals surface area contributed by atoms with Crippen molar-refractivity contribution < 1.29 is 17.6 Å². The molecule has 0 aliphatic carbocycles. The molecule has 0 bridgehead atoms. The smallest absolute Gasteiger partial charge is 0.327 e. The molecule has 2 N–H and O–H groups in total. The lowest BCUT2D eigenvalue weighted by Gasteiger charge is -2.12. The molecular weight excluding hydrogens is 234 g/mol. The topological polar surface area (TPSA) is 26.0 Å². The van der Waals surface area contributed by atoms with Crippen LogP contribution in [0.5, 0.6) is 0 Å². The molecule has 1 rings (SSSR count). The van der Waals surface area contributed by atoms with Gasteiger partial charge in [0, 0.05) is 17.1 Å². The summed E-state index contributed by atoms with van der Waals surface area (Å²) < 4.78 is 49.9. The van der Waals surface area contributed by atoms with Crippen LogP contribution in [0.4, 0.5) is 17.6 Å². The molecule has 0 fully saturated rings. The van der Waals surface area contributed by atoms with Gasteiger partial charge in [-0.1, -0.05) is 11.6 Å². The van der Waals surface area contributed by atoms with Crippen molar-refractivity contribution >= 4 is 11.6 Å². The SMILES string of the molecule is NCC(F)c1cc(C(F)(F)F)ccc1Cl. The van der Waals surface area contributed by atoms with Gasteiger partial charge in [0.25, 0.3) is 0 Å². The molecule has 1 aromatic rings. The van der Waals surface area contributed by atoms with Crippen molar-refractivity contribution in [3.05, 3.63) is 34.3 Å². The Kier molecular flexibility index (Phi) is 3.57. The van der Waals surface area contributed by atoms with E-state index in [1.807, 2.05) is 0 Å². The van der Waals surface area contributed by atoms with Crippen molar-refractivity contribution in [2.75, 3.05) is 6.54 Å². The fourth-order valence-corrected chi connectivity index (χ4v) is 1.32. The minimum absolute atomic E-state index is 0.0547. The van der Waals surface area contributed by atoms with Crippen LogP contribution < -0.4 is 5.73 Å². The zero-order chi connectivity index (χ0) is 11.6. The lowest BCUT2D eigenvalue weighted by atomic mass is 10.1. The van der Waals surface area contributed by atoms with Gasteiger partial charge in [0.1, 0.15) is 6.17 Å². The fourth-order valence-electron chi connectivity index (χ4n) is 1.09. The van der Waals surface area contributed by atoms with E-state index in [4.69, 9.17) is 17.3 Å². The maximum atomic E-state index is 13.1. The van der Waals surface area contributed by atoms with Crippen molar-refractivity contribution in [2.24, 2.45) is 5.73 Å². The van der Waals surface area contributed by atoms with Crippen molar-refractivity contribution in [2.45, 2.75) is 12.3 Å². The summed E-state index contributed by atoms with van der Waals surface area (Å²) in [5.41, 5.74) is 3.86. The molecule has 0 spiro atoms. The first-order valence-corrected chi connectivity index (χ1v) is 4.45. The van der Waals surface area contributed by atoms with Crippen LogP contribution in [0.25, 0.3) is 0 Å². The number of halogens is 5. The Morgan fingerprint density at radius 2 is 1.93 bits per heavy atom. The van der Waals surface area contributed by atoms with Gasteiger partial charge < -0.3 is 5.73 Å². The van der Waals surface area contributed by atoms with Gasteiger partial charge >= 0.3 is 6.18 Å². The third-order valence-corrected chi connectivity index (χ3v) is 2.21. The number of hydrogen-bond donors (Lipinski definition) is 1. The highest BCUT2D eigenvalue weighted by molar-refractivity contribution is 6.31. The van der Waals surface area contributed by atoms with Crippen molar-refractivity contribution in [3.63, 3.8) is 0 Å². The maximum Gasteiger partial charge on any atom is 0.416 e. The van der Waals surface area contributed by atoms with Crippen LogP contribution in [0.3, 0.4) is 0 Å². The first-order chi connectivity index (χ1) is 6.86. The van der Waals surface area contributed by atoms with Gasteiger partial charge in [-0.2, -0.15) is 13.2 Å².